The van der Waals surface area contributed by atoms with Gasteiger partial charge in [-0.15, -0.1) is 0 Å². The molecule has 4 heteroatoms. The predicted molar refractivity (Wildman–Crippen MR) is 79.3 cm³/mol. The second-order valence-corrected chi connectivity index (χ2v) is 5.96. The van der Waals surface area contributed by atoms with E-state index in [0.29, 0.717) is 6.54 Å². The molecule has 3 rings (SSSR count). The molecule has 1 aromatic heterocycles. The summed E-state index contributed by atoms with van der Waals surface area (Å²) in [6, 6.07) is 16.0. The molecule has 0 amide bonds. The van der Waals surface area contributed by atoms with Crippen LogP contribution in [0.5, 0.6) is 0 Å². The Kier molecular flexibility index (Phi) is 3.06. The fourth-order valence-corrected chi connectivity index (χ4v) is 3.09. The number of hydrogen-bond acceptors (Lipinski definition) is 2. The van der Waals surface area contributed by atoms with Gasteiger partial charge in [0.15, 0.2) is 0 Å². The van der Waals surface area contributed by atoms with Crippen LogP contribution in [-0.2, 0) is 6.54 Å². The van der Waals surface area contributed by atoms with Crippen LogP contribution in [0.3, 0.4) is 0 Å². The van der Waals surface area contributed by atoms with Gasteiger partial charge in [-0.05, 0) is 29.8 Å². The Hall–Kier alpha value is -1.39. The van der Waals surface area contributed by atoms with Crippen LogP contribution in [0.2, 0.25) is 0 Å². The van der Waals surface area contributed by atoms with Crippen LogP contribution in [-0.4, -0.2) is 4.57 Å². The van der Waals surface area contributed by atoms with Gasteiger partial charge in [0.05, 0.1) is 16.8 Å². The Morgan fingerprint density at radius 3 is 2.56 bits per heavy atom. The molecule has 3 aromatic rings. The van der Waals surface area contributed by atoms with Crippen molar-refractivity contribution >= 4 is 37.5 Å². The molecule has 0 atom stereocenters. The van der Waals surface area contributed by atoms with Crippen LogP contribution in [0.4, 0.5) is 0 Å². The number of thiazole rings is 1. The zero-order valence-electron chi connectivity index (χ0n) is 9.47. The number of halogens is 1. The minimum Gasteiger partial charge on any atom is -0.294 e. The Balaban J connectivity index is 2.07. The van der Waals surface area contributed by atoms with Crippen molar-refractivity contribution in [2.75, 3.05) is 0 Å². The highest BCUT2D eigenvalue weighted by Crippen LogP contribution is 2.18. The number of aromatic nitrogens is 1. The standard InChI is InChI=1S/C14H10BrNOS/c15-11-7-5-10(6-8-11)9-16-12-3-1-2-4-13(12)18-14(16)17/h1-8H,9H2. The number of fused-ring (bicyclic) bond motifs is 1. The van der Waals surface area contributed by atoms with E-state index in [1.54, 1.807) is 0 Å². The van der Waals surface area contributed by atoms with Crippen LogP contribution in [0, 0.1) is 0 Å². The molecule has 0 saturated carbocycles. The Labute approximate surface area is 117 Å². The molecule has 0 aliphatic rings. The summed E-state index contributed by atoms with van der Waals surface area (Å²) in [4.78, 5) is 12.1. The minimum absolute atomic E-state index is 0.0964. The Morgan fingerprint density at radius 2 is 1.78 bits per heavy atom. The van der Waals surface area contributed by atoms with Gasteiger partial charge in [-0.25, -0.2) is 0 Å². The summed E-state index contributed by atoms with van der Waals surface area (Å²) < 4.78 is 3.91. The molecule has 1 heterocycles. The number of nitrogens with zero attached hydrogens (tertiary/aromatic N) is 1. The van der Waals surface area contributed by atoms with Crippen molar-refractivity contribution in [2.45, 2.75) is 6.54 Å². The van der Waals surface area contributed by atoms with Crippen molar-refractivity contribution in [3.8, 4) is 0 Å². The zero-order valence-corrected chi connectivity index (χ0v) is 11.9. The first-order chi connectivity index (χ1) is 8.74. The lowest BCUT2D eigenvalue weighted by molar-refractivity contribution is 0.815. The maximum absolute atomic E-state index is 12.0. The molecular weight excluding hydrogens is 310 g/mol. The highest BCUT2D eigenvalue weighted by molar-refractivity contribution is 9.10. The molecule has 0 aliphatic heterocycles. The van der Waals surface area contributed by atoms with E-state index in [9.17, 15) is 4.79 Å². The van der Waals surface area contributed by atoms with Crippen molar-refractivity contribution < 1.29 is 0 Å². The number of hydrogen-bond donors (Lipinski definition) is 0. The summed E-state index contributed by atoms with van der Waals surface area (Å²) in [7, 11) is 0. The minimum atomic E-state index is 0.0964. The summed E-state index contributed by atoms with van der Waals surface area (Å²) in [5, 5.41) is 0. The van der Waals surface area contributed by atoms with Gasteiger partial charge in [0.25, 0.3) is 0 Å². The molecule has 0 aliphatic carbocycles. The predicted octanol–water partition coefficient (Wildman–Crippen LogP) is 3.87. The first-order valence-electron chi connectivity index (χ1n) is 5.57. The maximum atomic E-state index is 12.0. The van der Waals surface area contributed by atoms with E-state index in [-0.39, 0.29) is 4.87 Å². The molecule has 90 valence electrons. The number of para-hydroxylation sites is 1. The summed E-state index contributed by atoms with van der Waals surface area (Å²) in [5.41, 5.74) is 2.14. The largest absolute Gasteiger partial charge is 0.308 e. The lowest BCUT2D eigenvalue weighted by Crippen LogP contribution is -2.13. The van der Waals surface area contributed by atoms with Crippen LogP contribution in [0.15, 0.2) is 57.8 Å². The van der Waals surface area contributed by atoms with Crippen molar-refractivity contribution in [2.24, 2.45) is 0 Å². The SMILES string of the molecule is O=c1sc2ccccc2n1Cc1ccc(Br)cc1. The lowest BCUT2D eigenvalue weighted by atomic mass is 10.2. The monoisotopic (exact) mass is 319 g/mol. The molecule has 0 saturated heterocycles. The van der Waals surface area contributed by atoms with Crippen molar-refractivity contribution in [1.29, 1.82) is 0 Å². The number of rotatable bonds is 2. The summed E-state index contributed by atoms with van der Waals surface area (Å²) in [6.45, 7) is 0.621. The van der Waals surface area contributed by atoms with E-state index in [2.05, 4.69) is 15.9 Å². The lowest BCUT2D eigenvalue weighted by Gasteiger charge is -2.04. The molecule has 0 fully saturated rings. The van der Waals surface area contributed by atoms with Crippen LogP contribution >= 0.6 is 27.3 Å². The molecular formula is C14H10BrNOS. The van der Waals surface area contributed by atoms with Gasteiger partial charge in [-0.3, -0.25) is 9.36 Å². The molecule has 18 heavy (non-hydrogen) atoms. The van der Waals surface area contributed by atoms with E-state index >= 15 is 0 Å². The highest BCUT2D eigenvalue weighted by atomic mass is 79.9. The molecule has 2 aromatic carbocycles. The van der Waals surface area contributed by atoms with Crippen molar-refractivity contribution in [3.63, 3.8) is 0 Å². The van der Waals surface area contributed by atoms with E-state index in [1.807, 2.05) is 53.1 Å². The third kappa shape index (κ3) is 2.13. The van der Waals surface area contributed by atoms with Gasteiger partial charge in [0, 0.05) is 4.47 Å². The average Bonchev–Trinajstić information content (AvgIpc) is 2.69. The third-order valence-electron chi connectivity index (χ3n) is 2.83. The van der Waals surface area contributed by atoms with Crippen molar-refractivity contribution in [3.05, 3.63) is 68.2 Å². The first-order valence-corrected chi connectivity index (χ1v) is 7.18. The van der Waals surface area contributed by atoms with Gasteiger partial charge < -0.3 is 0 Å². The van der Waals surface area contributed by atoms with Crippen LogP contribution < -0.4 is 4.87 Å². The van der Waals surface area contributed by atoms with Gasteiger partial charge in [-0.2, -0.15) is 0 Å². The molecule has 2 nitrogen and oxygen atoms in total. The summed E-state index contributed by atoms with van der Waals surface area (Å²) >= 11 is 4.71. The van der Waals surface area contributed by atoms with Gasteiger partial charge >= 0.3 is 4.87 Å². The van der Waals surface area contributed by atoms with Crippen LogP contribution in [0.1, 0.15) is 5.56 Å². The maximum Gasteiger partial charge on any atom is 0.308 e. The molecule has 0 bridgehead atoms. The van der Waals surface area contributed by atoms with E-state index in [4.69, 9.17) is 0 Å². The van der Waals surface area contributed by atoms with E-state index in [1.165, 1.54) is 11.3 Å². The topological polar surface area (TPSA) is 22.0 Å². The third-order valence-corrected chi connectivity index (χ3v) is 4.32. The smallest absolute Gasteiger partial charge is 0.294 e. The summed E-state index contributed by atoms with van der Waals surface area (Å²) in [6.07, 6.45) is 0. The second-order valence-electron chi connectivity index (χ2n) is 4.05. The fourth-order valence-electron chi connectivity index (χ4n) is 1.94. The van der Waals surface area contributed by atoms with Crippen molar-refractivity contribution in [1.82, 2.24) is 4.57 Å². The second kappa shape index (κ2) is 4.71. The molecule has 0 spiro atoms. The van der Waals surface area contributed by atoms with Gasteiger partial charge in [0.1, 0.15) is 0 Å². The molecule has 0 unspecified atom stereocenters. The zero-order chi connectivity index (χ0) is 12.5. The van der Waals surface area contributed by atoms with Gasteiger partial charge in [0.2, 0.25) is 0 Å². The highest BCUT2D eigenvalue weighted by Gasteiger charge is 2.06. The van der Waals surface area contributed by atoms with Crippen LogP contribution in [0.25, 0.3) is 10.2 Å². The fraction of sp³-hybridized carbons (Fsp3) is 0.0714. The molecule has 0 radical (unpaired) electrons. The van der Waals surface area contributed by atoms with Gasteiger partial charge in [-0.1, -0.05) is 51.5 Å². The summed E-state index contributed by atoms with van der Waals surface area (Å²) in [5.74, 6) is 0. The average molecular weight is 320 g/mol. The normalized spacial score (nSPS) is 10.9. The quantitative estimate of drug-likeness (QED) is 0.702. The van der Waals surface area contributed by atoms with E-state index in [0.717, 1.165) is 20.3 Å². The number of benzene rings is 2. The Bertz CT molecular complexity index is 742. The first kappa shape index (κ1) is 11.7. The molecule has 0 N–H and O–H groups in total. The van der Waals surface area contributed by atoms with E-state index < -0.39 is 0 Å². The Morgan fingerprint density at radius 1 is 1.06 bits per heavy atom.